The van der Waals surface area contributed by atoms with Gasteiger partial charge >= 0.3 is 5.97 Å². The average Bonchev–Trinajstić information content (AvgIpc) is 2.08. The van der Waals surface area contributed by atoms with E-state index in [-0.39, 0.29) is 10.6 Å². The summed E-state index contributed by atoms with van der Waals surface area (Å²) in [6.45, 7) is 1.23. The topological polar surface area (TPSA) is 96.2 Å². The molecule has 0 aliphatic rings. The summed E-state index contributed by atoms with van der Waals surface area (Å²) in [5.74, 6) is -1.29. The van der Waals surface area contributed by atoms with Gasteiger partial charge in [0.2, 0.25) is 0 Å². The van der Waals surface area contributed by atoms with Gasteiger partial charge in [0.1, 0.15) is 5.54 Å². The van der Waals surface area contributed by atoms with Crippen molar-refractivity contribution in [3.63, 3.8) is 0 Å². The Hall–Kier alpha value is -1.33. The molecule has 6 heteroatoms. The van der Waals surface area contributed by atoms with E-state index in [1.165, 1.54) is 19.2 Å². The molecule has 1 atom stereocenters. The lowest BCUT2D eigenvalue weighted by atomic mass is 9.95. The maximum absolute atomic E-state index is 11.3. The van der Waals surface area contributed by atoms with Crippen LogP contribution in [0.1, 0.15) is 12.5 Å². The highest BCUT2D eigenvalue weighted by Crippen LogP contribution is 2.16. The fourth-order valence-electron chi connectivity index (χ4n) is 0.958. The first-order valence-corrected chi connectivity index (χ1v) is 4.14. The number of carbonyl (C=O) groups is 1. The van der Waals surface area contributed by atoms with Crippen LogP contribution < -0.4 is 11.3 Å². The number of aromatic amines is 1. The normalized spacial score (nSPS) is 14.8. The van der Waals surface area contributed by atoms with Gasteiger partial charge in [-0.3, -0.25) is 4.79 Å². The molecule has 1 heterocycles. The average molecular weight is 217 g/mol. The molecule has 1 rings (SSSR count). The van der Waals surface area contributed by atoms with Gasteiger partial charge in [0.05, 0.1) is 5.02 Å². The molecule has 0 spiro atoms. The van der Waals surface area contributed by atoms with Crippen LogP contribution >= 0.6 is 11.6 Å². The minimum atomic E-state index is -1.74. The van der Waals surface area contributed by atoms with Gasteiger partial charge in [0.25, 0.3) is 5.56 Å². The molecule has 0 fully saturated rings. The van der Waals surface area contributed by atoms with Crippen molar-refractivity contribution < 1.29 is 9.90 Å². The predicted octanol–water partition coefficient (Wildman–Crippen LogP) is 0.287. The quantitative estimate of drug-likeness (QED) is 0.662. The second-order valence-corrected chi connectivity index (χ2v) is 3.50. The number of nitrogens with one attached hydrogen (secondary N) is 1. The number of nitrogens with two attached hydrogens (primary N) is 1. The lowest BCUT2D eigenvalue weighted by Gasteiger charge is -2.18. The van der Waals surface area contributed by atoms with Crippen molar-refractivity contribution in [2.24, 2.45) is 5.73 Å². The Balaban J connectivity index is 3.39. The lowest BCUT2D eigenvalue weighted by molar-refractivity contribution is -0.143. The van der Waals surface area contributed by atoms with Crippen LogP contribution in [0.15, 0.2) is 17.1 Å². The number of carboxylic acid groups (broad SMARTS) is 1. The van der Waals surface area contributed by atoms with Gasteiger partial charge in [-0.05, 0) is 13.0 Å². The Morgan fingerprint density at radius 1 is 1.71 bits per heavy atom. The van der Waals surface area contributed by atoms with Gasteiger partial charge in [0.15, 0.2) is 0 Å². The summed E-state index contributed by atoms with van der Waals surface area (Å²) in [6.07, 6.45) is 1.27. The summed E-state index contributed by atoms with van der Waals surface area (Å²) in [4.78, 5) is 24.3. The standard InChI is InChI=1S/C8H9ClN2O3/c1-8(10,7(13)14)5-2-4(9)3-11-6(5)12/h2-3H,10H2,1H3,(H,11,12)(H,13,14)/t8-/m0/s1. The third-order valence-corrected chi connectivity index (χ3v) is 2.09. The largest absolute Gasteiger partial charge is 0.480 e. The number of aromatic nitrogens is 1. The van der Waals surface area contributed by atoms with E-state index in [2.05, 4.69) is 4.98 Å². The van der Waals surface area contributed by atoms with Crippen LogP contribution in [0.3, 0.4) is 0 Å². The minimum Gasteiger partial charge on any atom is -0.480 e. The highest BCUT2D eigenvalue weighted by Gasteiger charge is 2.33. The molecule has 0 bridgehead atoms. The fraction of sp³-hybridized carbons (Fsp3) is 0.250. The van der Waals surface area contributed by atoms with Gasteiger partial charge in [-0.2, -0.15) is 0 Å². The number of halogens is 1. The minimum absolute atomic E-state index is 0.0718. The molecule has 0 amide bonds. The van der Waals surface area contributed by atoms with E-state index in [1.54, 1.807) is 0 Å². The number of rotatable bonds is 2. The van der Waals surface area contributed by atoms with Crippen molar-refractivity contribution in [2.45, 2.75) is 12.5 Å². The molecule has 76 valence electrons. The lowest BCUT2D eigenvalue weighted by Crippen LogP contribution is -2.45. The van der Waals surface area contributed by atoms with Crippen molar-refractivity contribution >= 4 is 17.6 Å². The number of pyridine rings is 1. The van der Waals surface area contributed by atoms with E-state index in [0.717, 1.165) is 0 Å². The van der Waals surface area contributed by atoms with Gasteiger partial charge < -0.3 is 15.8 Å². The maximum atomic E-state index is 11.3. The van der Waals surface area contributed by atoms with E-state index < -0.39 is 17.1 Å². The van der Waals surface area contributed by atoms with Gasteiger partial charge in [0, 0.05) is 11.8 Å². The van der Waals surface area contributed by atoms with Crippen LogP contribution in [0.4, 0.5) is 0 Å². The Bertz CT molecular complexity index is 425. The SMILES string of the molecule is C[C@@](N)(C(=O)O)c1cc(Cl)c[nH]c1=O. The van der Waals surface area contributed by atoms with Crippen molar-refractivity contribution in [3.8, 4) is 0 Å². The van der Waals surface area contributed by atoms with E-state index in [1.807, 2.05) is 0 Å². The van der Waals surface area contributed by atoms with Crippen LogP contribution in [0.25, 0.3) is 0 Å². The Labute approximate surface area is 84.5 Å². The summed E-state index contributed by atoms with van der Waals surface area (Å²) < 4.78 is 0. The molecule has 0 aliphatic carbocycles. The molecule has 0 saturated carbocycles. The van der Waals surface area contributed by atoms with Gasteiger partial charge in [-0.25, -0.2) is 4.79 Å². The molecular formula is C8H9ClN2O3. The summed E-state index contributed by atoms with van der Waals surface area (Å²) in [6, 6.07) is 1.24. The maximum Gasteiger partial charge on any atom is 0.328 e. The smallest absolute Gasteiger partial charge is 0.328 e. The molecule has 0 unspecified atom stereocenters. The molecular weight excluding hydrogens is 208 g/mol. The van der Waals surface area contributed by atoms with E-state index >= 15 is 0 Å². The summed E-state index contributed by atoms with van der Waals surface area (Å²) >= 11 is 5.61. The fourth-order valence-corrected chi connectivity index (χ4v) is 1.12. The Morgan fingerprint density at radius 2 is 2.29 bits per heavy atom. The first-order valence-electron chi connectivity index (χ1n) is 3.76. The molecule has 0 aliphatic heterocycles. The van der Waals surface area contributed by atoms with E-state index in [0.29, 0.717) is 0 Å². The number of carboxylic acids is 1. The zero-order valence-electron chi connectivity index (χ0n) is 7.37. The summed E-state index contributed by atoms with van der Waals surface area (Å²) in [7, 11) is 0. The van der Waals surface area contributed by atoms with Gasteiger partial charge in [-0.1, -0.05) is 11.6 Å². The monoisotopic (exact) mass is 216 g/mol. The Morgan fingerprint density at radius 3 is 2.79 bits per heavy atom. The third kappa shape index (κ3) is 1.78. The highest BCUT2D eigenvalue weighted by atomic mass is 35.5. The first kappa shape index (κ1) is 10.7. The van der Waals surface area contributed by atoms with Crippen molar-refractivity contribution in [1.29, 1.82) is 0 Å². The van der Waals surface area contributed by atoms with Crippen LogP contribution in [0, 0.1) is 0 Å². The van der Waals surface area contributed by atoms with Gasteiger partial charge in [-0.15, -0.1) is 0 Å². The number of aliphatic carboxylic acids is 1. The molecule has 1 aromatic heterocycles. The summed E-state index contributed by atoms with van der Waals surface area (Å²) in [5, 5.41) is 9.02. The molecule has 5 nitrogen and oxygen atoms in total. The second kappa shape index (κ2) is 3.43. The van der Waals surface area contributed by atoms with E-state index in [9.17, 15) is 9.59 Å². The summed E-state index contributed by atoms with van der Waals surface area (Å²) in [5.41, 5.74) is 3.11. The van der Waals surface area contributed by atoms with Crippen LogP contribution in [-0.2, 0) is 10.3 Å². The van der Waals surface area contributed by atoms with Crippen LogP contribution in [0.2, 0.25) is 5.02 Å². The molecule has 0 saturated heterocycles. The Kier molecular flexibility index (Phi) is 2.64. The van der Waals surface area contributed by atoms with Crippen molar-refractivity contribution in [2.75, 3.05) is 0 Å². The first-order chi connectivity index (χ1) is 6.35. The van der Waals surface area contributed by atoms with Crippen molar-refractivity contribution in [3.05, 3.63) is 33.2 Å². The molecule has 14 heavy (non-hydrogen) atoms. The molecule has 1 aromatic rings. The molecule has 0 aromatic carbocycles. The second-order valence-electron chi connectivity index (χ2n) is 3.07. The molecule has 0 radical (unpaired) electrons. The number of H-pyrrole nitrogens is 1. The zero-order chi connectivity index (χ0) is 10.9. The zero-order valence-corrected chi connectivity index (χ0v) is 8.13. The van der Waals surface area contributed by atoms with Crippen molar-refractivity contribution in [1.82, 2.24) is 4.98 Å². The highest BCUT2D eigenvalue weighted by molar-refractivity contribution is 6.30. The van der Waals surface area contributed by atoms with E-state index in [4.69, 9.17) is 22.4 Å². The number of hydrogen-bond donors (Lipinski definition) is 3. The third-order valence-electron chi connectivity index (χ3n) is 1.87. The van der Waals surface area contributed by atoms with Crippen LogP contribution in [-0.4, -0.2) is 16.1 Å². The predicted molar refractivity (Wildman–Crippen MR) is 51.2 cm³/mol. The molecule has 4 N–H and O–H groups in total. The van der Waals surface area contributed by atoms with Crippen LogP contribution in [0.5, 0.6) is 0 Å². The number of hydrogen-bond acceptors (Lipinski definition) is 3.